The monoisotopic (exact) mass is 570 g/mol. The van der Waals surface area contributed by atoms with Gasteiger partial charge in [0.1, 0.15) is 6.61 Å². The van der Waals surface area contributed by atoms with Crippen molar-refractivity contribution < 1.29 is 29.6 Å². The molecule has 2 fully saturated rings. The molecule has 0 aliphatic carbocycles. The van der Waals surface area contributed by atoms with Crippen molar-refractivity contribution in [2.75, 3.05) is 53.0 Å². The van der Waals surface area contributed by atoms with E-state index in [9.17, 15) is 4.79 Å². The van der Waals surface area contributed by atoms with Crippen LogP contribution in [0.3, 0.4) is 0 Å². The van der Waals surface area contributed by atoms with Gasteiger partial charge in [0.2, 0.25) is 0 Å². The lowest BCUT2D eigenvalue weighted by Crippen LogP contribution is -2.49. The topological polar surface area (TPSA) is 103 Å². The fourth-order valence-electron chi connectivity index (χ4n) is 6.65. The third-order valence-electron chi connectivity index (χ3n) is 9.30. The first-order valence-corrected chi connectivity index (χ1v) is 16.5. The second-order valence-electron chi connectivity index (χ2n) is 12.8. The van der Waals surface area contributed by atoms with Gasteiger partial charge >= 0.3 is 5.97 Å². The van der Waals surface area contributed by atoms with Crippen LogP contribution in [0.15, 0.2) is 0 Å². The Bertz CT molecular complexity index is 648. The zero-order chi connectivity index (χ0) is 29.3. The largest absolute Gasteiger partial charge is 0.464 e. The molecule has 1 unspecified atom stereocenters. The number of rotatable bonds is 22. The van der Waals surface area contributed by atoms with Crippen molar-refractivity contribution in [2.45, 2.75) is 135 Å². The first-order valence-electron chi connectivity index (χ1n) is 16.5. The minimum Gasteiger partial charge on any atom is -0.464 e. The molecule has 0 aromatic carbocycles. The Morgan fingerprint density at radius 1 is 0.825 bits per heavy atom. The molecule has 2 aliphatic rings. The standard InChI is InChI=1S/C32H62N2O6/c1-4-6-8-10-12-15-28(16-13-11-9-7-5-2)30(35)40-26-29(25-39-3)34-23-19-31(20-24-34)18-22-33(27-31)21-14-17-32(36,37)38/h28-29,36-38H,4-27H2,1-3H3. The van der Waals surface area contributed by atoms with Crippen LogP contribution >= 0.6 is 0 Å². The SMILES string of the molecule is CCCCCCCC(CCCCCCC)C(=O)OCC(COC)N1CCC2(CCN(CCCC(O)(O)O)C2)CC1. The third kappa shape index (κ3) is 13.9. The summed E-state index contributed by atoms with van der Waals surface area (Å²) in [6, 6.07) is 0.0883. The maximum absolute atomic E-state index is 13.2. The highest BCUT2D eigenvalue weighted by atomic mass is 16.7. The van der Waals surface area contributed by atoms with Crippen molar-refractivity contribution in [1.29, 1.82) is 0 Å². The quantitative estimate of drug-likeness (QED) is 0.0941. The first-order chi connectivity index (χ1) is 19.2. The van der Waals surface area contributed by atoms with E-state index >= 15 is 0 Å². The van der Waals surface area contributed by atoms with Crippen molar-refractivity contribution >= 4 is 5.97 Å². The van der Waals surface area contributed by atoms with Gasteiger partial charge in [-0.1, -0.05) is 78.1 Å². The number of piperidine rings is 1. The van der Waals surface area contributed by atoms with Gasteiger partial charge in [-0.2, -0.15) is 0 Å². The molecule has 2 heterocycles. The fraction of sp³-hybridized carbons (Fsp3) is 0.969. The van der Waals surface area contributed by atoms with Gasteiger partial charge in [0.05, 0.1) is 18.6 Å². The van der Waals surface area contributed by atoms with Crippen LogP contribution in [0.4, 0.5) is 0 Å². The third-order valence-corrected chi connectivity index (χ3v) is 9.30. The zero-order valence-corrected chi connectivity index (χ0v) is 26.1. The van der Waals surface area contributed by atoms with E-state index in [2.05, 4.69) is 23.6 Å². The van der Waals surface area contributed by atoms with Crippen molar-refractivity contribution in [3.63, 3.8) is 0 Å². The molecule has 2 rings (SSSR count). The molecule has 1 spiro atoms. The van der Waals surface area contributed by atoms with Gasteiger partial charge in [0.25, 0.3) is 5.97 Å². The minimum atomic E-state index is -2.56. The second-order valence-corrected chi connectivity index (χ2v) is 12.8. The molecule has 2 saturated heterocycles. The number of esters is 1. The maximum Gasteiger partial charge on any atom is 0.308 e. The molecular formula is C32H62N2O6. The lowest BCUT2D eigenvalue weighted by molar-refractivity contribution is -0.315. The number of hydrogen-bond donors (Lipinski definition) is 3. The summed E-state index contributed by atoms with van der Waals surface area (Å²) in [6.45, 7) is 10.2. The van der Waals surface area contributed by atoms with Gasteiger partial charge in [-0.25, -0.2) is 0 Å². The van der Waals surface area contributed by atoms with E-state index in [1.54, 1.807) is 7.11 Å². The van der Waals surface area contributed by atoms with E-state index in [1.807, 2.05) is 0 Å². The van der Waals surface area contributed by atoms with Crippen LogP contribution in [0.2, 0.25) is 0 Å². The lowest BCUT2D eigenvalue weighted by Gasteiger charge is -2.42. The highest BCUT2D eigenvalue weighted by molar-refractivity contribution is 5.72. The van der Waals surface area contributed by atoms with E-state index in [-0.39, 0.29) is 24.3 Å². The van der Waals surface area contributed by atoms with Crippen LogP contribution in [0.25, 0.3) is 0 Å². The normalized spacial score (nSPS) is 19.1. The molecule has 0 aromatic heterocycles. The Kier molecular flexibility index (Phi) is 17.2. The van der Waals surface area contributed by atoms with Crippen LogP contribution in [-0.4, -0.2) is 96.2 Å². The minimum absolute atomic E-state index is 0.00958. The van der Waals surface area contributed by atoms with Gasteiger partial charge in [0, 0.05) is 20.1 Å². The number of ether oxygens (including phenoxy) is 2. The van der Waals surface area contributed by atoms with Crippen LogP contribution < -0.4 is 0 Å². The summed E-state index contributed by atoms with van der Waals surface area (Å²) in [5.74, 6) is -2.55. The van der Waals surface area contributed by atoms with E-state index in [0.29, 0.717) is 25.0 Å². The molecular weight excluding hydrogens is 508 g/mol. The second kappa shape index (κ2) is 19.4. The maximum atomic E-state index is 13.2. The Morgan fingerprint density at radius 3 is 1.95 bits per heavy atom. The number of carbonyl (C=O) groups is 1. The molecule has 0 aromatic rings. The summed E-state index contributed by atoms with van der Waals surface area (Å²) in [5, 5.41) is 27.4. The summed E-state index contributed by atoms with van der Waals surface area (Å²) in [7, 11) is 1.73. The average Bonchev–Trinajstić information content (AvgIpc) is 3.31. The lowest BCUT2D eigenvalue weighted by atomic mass is 9.77. The first kappa shape index (κ1) is 35.4. The molecule has 0 bridgehead atoms. The molecule has 0 saturated carbocycles. The molecule has 0 radical (unpaired) electrons. The van der Waals surface area contributed by atoms with Crippen molar-refractivity contribution in [1.82, 2.24) is 9.80 Å². The summed E-state index contributed by atoms with van der Waals surface area (Å²) in [6.07, 6.45) is 18.0. The molecule has 8 heteroatoms. The zero-order valence-electron chi connectivity index (χ0n) is 26.1. The number of aliphatic hydroxyl groups is 3. The number of carbonyl (C=O) groups excluding carboxylic acids is 1. The van der Waals surface area contributed by atoms with Crippen molar-refractivity contribution in [3.05, 3.63) is 0 Å². The Labute approximate surface area is 244 Å². The van der Waals surface area contributed by atoms with Gasteiger partial charge in [-0.15, -0.1) is 0 Å². The predicted octanol–water partition coefficient (Wildman–Crippen LogP) is 5.08. The van der Waals surface area contributed by atoms with Crippen LogP contribution in [0.1, 0.15) is 123 Å². The molecule has 1 atom stereocenters. The van der Waals surface area contributed by atoms with E-state index in [1.165, 1.54) is 51.4 Å². The molecule has 236 valence electrons. The van der Waals surface area contributed by atoms with Gasteiger partial charge < -0.3 is 29.7 Å². The predicted molar refractivity (Wildman–Crippen MR) is 160 cm³/mol. The van der Waals surface area contributed by atoms with Crippen LogP contribution in [0.5, 0.6) is 0 Å². The Balaban J connectivity index is 1.80. The van der Waals surface area contributed by atoms with Crippen LogP contribution in [0, 0.1) is 11.3 Å². The Hall–Kier alpha value is -0.770. The number of nitrogens with zero attached hydrogens (tertiary/aromatic N) is 2. The highest BCUT2D eigenvalue weighted by Crippen LogP contribution is 2.41. The summed E-state index contributed by atoms with van der Waals surface area (Å²) >= 11 is 0. The molecule has 8 nitrogen and oxygen atoms in total. The van der Waals surface area contributed by atoms with Crippen molar-refractivity contribution in [2.24, 2.45) is 11.3 Å². The van der Waals surface area contributed by atoms with Gasteiger partial charge in [-0.05, 0) is 70.1 Å². The summed E-state index contributed by atoms with van der Waals surface area (Å²) in [4.78, 5) is 18.1. The number of likely N-dealkylation sites (tertiary alicyclic amines) is 2. The highest BCUT2D eigenvalue weighted by Gasteiger charge is 2.41. The van der Waals surface area contributed by atoms with E-state index in [0.717, 1.165) is 77.7 Å². The number of methoxy groups -OCH3 is 1. The number of hydrogen-bond acceptors (Lipinski definition) is 8. The average molecular weight is 571 g/mol. The summed E-state index contributed by atoms with van der Waals surface area (Å²) in [5.41, 5.74) is 0.306. The summed E-state index contributed by atoms with van der Waals surface area (Å²) < 4.78 is 11.6. The van der Waals surface area contributed by atoms with Gasteiger partial charge in [-0.3, -0.25) is 9.69 Å². The molecule has 3 N–H and O–H groups in total. The van der Waals surface area contributed by atoms with Crippen molar-refractivity contribution in [3.8, 4) is 0 Å². The molecule has 2 aliphatic heterocycles. The Morgan fingerprint density at radius 2 is 1.40 bits per heavy atom. The van der Waals surface area contributed by atoms with E-state index in [4.69, 9.17) is 24.8 Å². The number of unbranched alkanes of at least 4 members (excludes halogenated alkanes) is 8. The molecule has 0 amide bonds. The van der Waals surface area contributed by atoms with E-state index < -0.39 is 5.97 Å². The van der Waals surface area contributed by atoms with Crippen LogP contribution in [-0.2, 0) is 14.3 Å². The fourth-order valence-corrected chi connectivity index (χ4v) is 6.65. The van der Waals surface area contributed by atoms with Gasteiger partial charge in [0.15, 0.2) is 0 Å². The smallest absolute Gasteiger partial charge is 0.308 e. The molecule has 40 heavy (non-hydrogen) atoms.